The summed E-state index contributed by atoms with van der Waals surface area (Å²) >= 11 is 12.2. The Morgan fingerprint density at radius 2 is 1.97 bits per heavy atom. The first-order valence-electron chi connectivity index (χ1n) is 9.95. The molecule has 1 aromatic heterocycles. The van der Waals surface area contributed by atoms with Crippen molar-refractivity contribution in [2.24, 2.45) is 11.7 Å². The number of nitrogens with two attached hydrogens (primary N) is 1. The van der Waals surface area contributed by atoms with Gasteiger partial charge in [0.05, 0.1) is 10.7 Å². The molecular weight excluding hydrogens is 409 g/mol. The van der Waals surface area contributed by atoms with Gasteiger partial charge in [-0.1, -0.05) is 29.3 Å². The summed E-state index contributed by atoms with van der Waals surface area (Å²) in [7, 11) is 0. The number of benzene rings is 1. The number of carbonyl (C=O) groups excluding carboxylic acids is 1. The van der Waals surface area contributed by atoms with Crippen LogP contribution in [0.1, 0.15) is 29.6 Å². The molecule has 2 aromatic rings. The third-order valence-corrected chi connectivity index (χ3v) is 5.57. The van der Waals surface area contributed by atoms with Gasteiger partial charge in [0.15, 0.2) is 5.82 Å². The van der Waals surface area contributed by atoms with E-state index < -0.39 is 0 Å². The molecule has 1 aromatic carbocycles. The molecule has 1 fully saturated rings. The summed E-state index contributed by atoms with van der Waals surface area (Å²) in [5.41, 5.74) is 6.62. The minimum atomic E-state index is -0.237. The van der Waals surface area contributed by atoms with E-state index in [9.17, 15) is 4.79 Å². The van der Waals surface area contributed by atoms with E-state index >= 15 is 0 Å². The zero-order chi connectivity index (χ0) is 20.6. The van der Waals surface area contributed by atoms with Crippen LogP contribution in [0.3, 0.4) is 0 Å². The molecule has 6 nitrogen and oxygen atoms in total. The zero-order valence-corrected chi connectivity index (χ0v) is 17.8. The van der Waals surface area contributed by atoms with Crippen molar-refractivity contribution in [1.82, 2.24) is 10.3 Å². The quantitative estimate of drug-likeness (QED) is 0.549. The van der Waals surface area contributed by atoms with Gasteiger partial charge in [-0.05, 0) is 56.0 Å². The van der Waals surface area contributed by atoms with E-state index in [0.29, 0.717) is 33.8 Å². The number of aromatic nitrogens is 1. The van der Waals surface area contributed by atoms with E-state index in [1.165, 1.54) is 0 Å². The van der Waals surface area contributed by atoms with Crippen LogP contribution >= 0.6 is 23.2 Å². The molecule has 0 saturated carbocycles. The molecular formula is C21H27Cl2N5O. The highest BCUT2D eigenvalue weighted by Gasteiger charge is 2.23. The molecule has 1 saturated heterocycles. The summed E-state index contributed by atoms with van der Waals surface area (Å²) < 4.78 is 0. The molecule has 3 rings (SSSR count). The van der Waals surface area contributed by atoms with Crippen molar-refractivity contribution in [2.45, 2.75) is 19.3 Å². The average molecular weight is 436 g/mol. The first-order chi connectivity index (χ1) is 14.1. The number of piperidine rings is 1. The molecule has 1 amide bonds. The predicted molar refractivity (Wildman–Crippen MR) is 120 cm³/mol. The number of carbonyl (C=O) groups is 1. The summed E-state index contributed by atoms with van der Waals surface area (Å²) in [5.74, 6) is 1.21. The normalized spacial score (nSPS) is 14.8. The summed E-state index contributed by atoms with van der Waals surface area (Å²) in [6, 6.07) is 8.60. The van der Waals surface area contributed by atoms with Crippen molar-refractivity contribution in [1.29, 1.82) is 0 Å². The highest BCUT2D eigenvalue weighted by molar-refractivity contribution is 6.31. The second kappa shape index (κ2) is 10.8. The Hall–Kier alpha value is -1.86. The smallest absolute Gasteiger partial charge is 0.255 e. The van der Waals surface area contributed by atoms with Gasteiger partial charge in [-0.2, -0.15) is 0 Å². The lowest BCUT2D eigenvalue weighted by Crippen LogP contribution is -2.36. The predicted octanol–water partition coefficient (Wildman–Crippen LogP) is 3.80. The van der Waals surface area contributed by atoms with E-state index in [2.05, 4.69) is 20.5 Å². The number of pyridine rings is 1. The Morgan fingerprint density at radius 3 is 2.69 bits per heavy atom. The maximum Gasteiger partial charge on any atom is 0.255 e. The van der Waals surface area contributed by atoms with E-state index in [1.54, 1.807) is 36.5 Å². The van der Waals surface area contributed by atoms with Gasteiger partial charge in [0, 0.05) is 43.0 Å². The number of amides is 1. The standard InChI is InChI=1S/C21H27Cl2N5O/c22-17-3-1-2-16(12-17)21(29)27-19-13-18(23)14-26-20(19)28-10-5-15(6-11-28)4-8-25-9-7-24/h1-3,12-15,25H,4-11,24H2,(H,27,29). The zero-order valence-electron chi connectivity index (χ0n) is 16.3. The van der Waals surface area contributed by atoms with Crippen LogP contribution in [0.5, 0.6) is 0 Å². The van der Waals surface area contributed by atoms with Crippen LogP contribution in [0, 0.1) is 5.92 Å². The minimum absolute atomic E-state index is 0.237. The van der Waals surface area contributed by atoms with Crippen molar-refractivity contribution in [3.05, 3.63) is 52.1 Å². The van der Waals surface area contributed by atoms with Crippen LogP contribution in [0.25, 0.3) is 0 Å². The molecule has 0 spiro atoms. The van der Waals surface area contributed by atoms with E-state index in [-0.39, 0.29) is 5.91 Å². The SMILES string of the molecule is NCCNCCC1CCN(c2ncc(Cl)cc2NC(=O)c2cccc(Cl)c2)CC1. The number of hydrogen-bond donors (Lipinski definition) is 3. The van der Waals surface area contributed by atoms with Crippen LogP contribution in [-0.4, -0.2) is 43.6 Å². The van der Waals surface area contributed by atoms with Crippen molar-refractivity contribution >= 4 is 40.6 Å². The van der Waals surface area contributed by atoms with Gasteiger partial charge in [0.1, 0.15) is 0 Å². The molecule has 29 heavy (non-hydrogen) atoms. The van der Waals surface area contributed by atoms with Gasteiger partial charge in [-0.15, -0.1) is 0 Å². The maximum absolute atomic E-state index is 12.7. The lowest BCUT2D eigenvalue weighted by Gasteiger charge is -2.34. The van der Waals surface area contributed by atoms with Crippen LogP contribution in [-0.2, 0) is 0 Å². The molecule has 2 heterocycles. The Bertz CT molecular complexity index is 824. The summed E-state index contributed by atoms with van der Waals surface area (Å²) in [5, 5.41) is 7.30. The highest BCUT2D eigenvalue weighted by Crippen LogP contribution is 2.31. The van der Waals surface area contributed by atoms with Gasteiger partial charge >= 0.3 is 0 Å². The second-order valence-electron chi connectivity index (χ2n) is 7.25. The topological polar surface area (TPSA) is 83.3 Å². The largest absolute Gasteiger partial charge is 0.355 e. The first-order valence-corrected chi connectivity index (χ1v) is 10.7. The van der Waals surface area contributed by atoms with Crippen molar-refractivity contribution in [3.63, 3.8) is 0 Å². The van der Waals surface area contributed by atoms with E-state index in [0.717, 1.165) is 51.3 Å². The average Bonchev–Trinajstić information content (AvgIpc) is 2.72. The van der Waals surface area contributed by atoms with Crippen LogP contribution in [0.2, 0.25) is 10.0 Å². The molecule has 1 aliphatic heterocycles. The number of halogens is 2. The summed E-state index contributed by atoms with van der Waals surface area (Å²) in [6.07, 6.45) is 4.96. The van der Waals surface area contributed by atoms with Crippen LogP contribution < -0.4 is 21.3 Å². The first kappa shape index (κ1) is 21.8. The number of rotatable bonds is 8. The third-order valence-electron chi connectivity index (χ3n) is 5.13. The van der Waals surface area contributed by atoms with Crippen molar-refractivity contribution < 1.29 is 4.79 Å². The fourth-order valence-electron chi connectivity index (χ4n) is 3.57. The fraction of sp³-hybridized carbons (Fsp3) is 0.429. The molecule has 0 atom stereocenters. The molecule has 8 heteroatoms. The van der Waals surface area contributed by atoms with Crippen molar-refractivity contribution in [2.75, 3.05) is 42.9 Å². The lowest BCUT2D eigenvalue weighted by atomic mass is 9.93. The molecule has 156 valence electrons. The van der Waals surface area contributed by atoms with Crippen LogP contribution in [0.15, 0.2) is 36.5 Å². The molecule has 0 radical (unpaired) electrons. The molecule has 1 aliphatic rings. The third kappa shape index (κ3) is 6.31. The minimum Gasteiger partial charge on any atom is -0.355 e. The monoisotopic (exact) mass is 435 g/mol. The maximum atomic E-state index is 12.7. The summed E-state index contributed by atoms with van der Waals surface area (Å²) in [4.78, 5) is 19.4. The van der Waals surface area contributed by atoms with Gasteiger partial charge < -0.3 is 21.3 Å². The Balaban J connectivity index is 1.64. The molecule has 0 bridgehead atoms. The number of hydrogen-bond acceptors (Lipinski definition) is 5. The summed E-state index contributed by atoms with van der Waals surface area (Å²) in [6.45, 7) is 4.34. The Morgan fingerprint density at radius 1 is 1.17 bits per heavy atom. The number of anilines is 2. The van der Waals surface area contributed by atoms with Crippen LogP contribution in [0.4, 0.5) is 11.5 Å². The number of nitrogens with zero attached hydrogens (tertiary/aromatic N) is 2. The Labute approximate surface area is 181 Å². The molecule has 4 N–H and O–H groups in total. The van der Waals surface area contributed by atoms with Gasteiger partial charge in [0.2, 0.25) is 0 Å². The Kier molecular flexibility index (Phi) is 8.12. The number of nitrogens with one attached hydrogen (secondary N) is 2. The molecule has 0 aliphatic carbocycles. The van der Waals surface area contributed by atoms with E-state index in [1.807, 2.05) is 0 Å². The van der Waals surface area contributed by atoms with Crippen molar-refractivity contribution in [3.8, 4) is 0 Å². The second-order valence-corrected chi connectivity index (χ2v) is 8.12. The lowest BCUT2D eigenvalue weighted by molar-refractivity contribution is 0.102. The highest BCUT2D eigenvalue weighted by atomic mass is 35.5. The van der Waals surface area contributed by atoms with Gasteiger partial charge in [-0.3, -0.25) is 4.79 Å². The fourth-order valence-corrected chi connectivity index (χ4v) is 3.92. The van der Waals surface area contributed by atoms with E-state index in [4.69, 9.17) is 28.9 Å². The van der Waals surface area contributed by atoms with Gasteiger partial charge in [0.25, 0.3) is 5.91 Å². The van der Waals surface area contributed by atoms with Gasteiger partial charge in [-0.25, -0.2) is 4.98 Å². The molecule has 0 unspecified atom stereocenters.